The summed E-state index contributed by atoms with van der Waals surface area (Å²) in [5.74, 6) is -0.258. The monoisotopic (exact) mass is 331 g/mol. The van der Waals surface area contributed by atoms with Gasteiger partial charge in [-0.15, -0.1) is 0 Å². The summed E-state index contributed by atoms with van der Waals surface area (Å²) in [6.07, 6.45) is 6.85. The zero-order valence-corrected chi connectivity index (χ0v) is 13.4. The predicted molar refractivity (Wildman–Crippen MR) is 91.0 cm³/mol. The maximum atomic E-state index is 12.1. The van der Waals surface area contributed by atoms with E-state index in [-0.39, 0.29) is 23.1 Å². The second-order valence-electron chi connectivity index (χ2n) is 4.71. The molecule has 120 valence electrons. The minimum atomic E-state index is -0.406. The van der Waals surface area contributed by atoms with E-state index in [1.165, 1.54) is 25.3 Å². The molecule has 23 heavy (non-hydrogen) atoms. The first-order valence-electron chi connectivity index (χ1n) is 6.84. The summed E-state index contributed by atoms with van der Waals surface area (Å²) >= 11 is 1.56. The van der Waals surface area contributed by atoms with Gasteiger partial charge in [-0.25, -0.2) is 0 Å². The third kappa shape index (κ3) is 4.22. The van der Waals surface area contributed by atoms with Crippen LogP contribution in [-0.2, 0) is 0 Å². The van der Waals surface area contributed by atoms with Gasteiger partial charge in [-0.1, -0.05) is 42.3 Å². The first kappa shape index (κ1) is 16.8. The van der Waals surface area contributed by atoms with E-state index in [1.807, 2.05) is 12.2 Å². The van der Waals surface area contributed by atoms with Crippen LogP contribution < -0.4 is 10.1 Å². The molecule has 1 aromatic carbocycles. The van der Waals surface area contributed by atoms with Crippen molar-refractivity contribution in [2.75, 3.05) is 12.9 Å². The molecular weight excluding hydrogens is 314 g/mol. The van der Waals surface area contributed by atoms with Crippen LogP contribution in [-0.4, -0.2) is 34.9 Å². The summed E-state index contributed by atoms with van der Waals surface area (Å²) in [6, 6.07) is 2.74. The molecule has 0 aromatic heterocycles. The molecule has 2 rings (SSSR count). The summed E-state index contributed by atoms with van der Waals surface area (Å²) in [4.78, 5) is 12.1. The largest absolute Gasteiger partial charge is 0.504 e. The van der Waals surface area contributed by atoms with Crippen molar-refractivity contribution in [1.29, 1.82) is 0 Å². The van der Waals surface area contributed by atoms with Crippen molar-refractivity contribution in [3.05, 3.63) is 59.3 Å². The summed E-state index contributed by atoms with van der Waals surface area (Å²) in [7, 11) is 1.34. The van der Waals surface area contributed by atoms with Crippen molar-refractivity contribution in [2.45, 2.75) is 6.04 Å². The number of carbonyl (C=O) groups is 1. The van der Waals surface area contributed by atoms with E-state index in [0.29, 0.717) is 0 Å². The Morgan fingerprint density at radius 1 is 1.52 bits per heavy atom. The van der Waals surface area contributed by atoms with Gasteiger partial charge in [0.15, 0.2) is 17.3 Å². The highest BCUT2D eigenvalue weighted by Crippen LogP contribution is 2.36. The van der Waals surface area contributed by atoms with E-state index in [0.717, 1.165) is 10.8 Å². The van der Waals surface area contributed by atoms with Crippen molar-refractivity contribution < 1.29 is 19.7 Å². The van der Waals surface area contributed by atoms with Crippen molar-refractivity contribution in [1.82, 2.24) is 5.32 Å². The first-order chi connectivity index (χ1) is 11.0. The van der Waals surface area contributed by atoms with Crippen LogP contribution >= 0.6 is 11.8 Å². The third-order valence-electron chi connectivity index (χ3n) is 3.10. The lowest BCUT2D eigenvalue weighted by molar-refractivity contribution is 0.104. The molecule has 0 spiro atoms. The van der Waals surface area contributed by atoms with Gasteiger partial charge in [0, 0.05) is 17.4 Å². The number of methoxy groups -OCH3 is 1. The van der Waals surface area contributed by atoms with Gasteiger partial charge in [-0.3, -0.25) is 4.79 Å². The van der Waals surface area contributed by atoms with Crippen LogP contribution in [0.4, 0.5) is 0 Å². The lowest BCUT2D eigenvalue weighted by Crippen LogP contribution is -2.19. The van der Waals surface area contributed by atoms with Crippen LogP contribution in [0.2, 0.25) is 0 Å². The number of benzene rings is 1. The molecule has 0 saturated carbocycles. The number of phenolic OH excluding ortho intramolecular Hbond substituents is 2. The lowest BCUT2D eigenvalue weighted by Gasteiger charge is -2.06. The molecule has 1 aromatic rings. The number of nitrogens with one attached hydrogen (secondary N) is 1. The number of aromatic hydroxyl groups is 2. The molecule has 0 aliphatic carbocycles. The topological polar surface area (TPSA) is 78.8 Å². The lowest BCUT2D eigenvalue weighted by atomic mass is 10.1. The second kappa shape index (κ2) is 7.63. The van der Waals surface area contributed by atoms with Crippen molar-refractivity contribution in [2.24, 2.45) is 0 Å². The normalized spacial score (nSPS) is 16.7. The van der Waals surface area contributed by atoms with E-state index < -0.39 is 11.5 Å². The molecule has 1 aliphatic rings. The van der Waals surface area contributed by atoms with Crippen LogP contribution in [0, 0.1) is 0 Å². The van der Waals surface area contributed by atoms with Gasteiger partial charge in [-0.05, 0) is 12.1 Å². The Balaban J connectivity index is 2.16. The van der Waals surface area contributed by atoms with Crippen LogP contribution in [0.1, 0.15) is 10.4 Å². The highest BCUT2D eigenvalue weighted by atomic mass is 32.2. The Kier molecular flexibility index (Phi) is 5.57. The minimum Gasteiger partial charge on any atom is -0.504 e. The van der Waals surface area contributed by atoms with Crippen molar-refractivity contribution in [3.63, 3.8) is 0 Å². The predicted octanol–water partition coefficient (Wildman–Crippen LogP) is 2.73. The SMILES string of the molecule is C=C/C=C/C1CSC(=C=CC(=O)c2cc(O)c(O)c(OC)c2)N1. The zero-order valence-electron chi connectivity index (χ0n) is 12.6. The number of hydrogen-bond acceptors (Lipinski definition) is 6. The molecule has 6 heteroatoms. The van der Waals surface area contributed by atoms with Gasteiger partial charge < -0.3 is 20.3 Å². The fraction of sp³-hybridized carbons (Fsp3) is 0.176. The van der Waals surface area contributed by atoms with Crippen molar-refractivity contribution >= 4 is 17.5 Å². The quantitative estimate of drug-likeness (QED) is 0.253. The van der Waals surface area contributed by atoms with Gasteiger partial charge in [-0.2, -0.15) is 0 Å². The third-order valence-corrected chi connectivity index (χ3v) is 4.15. The van der Waals surface area contributed by atoms with Crippen molar-refractivity contribution in [3.8, 4) is 17.2 Å². The Morgan fingerprint density at radius 3 is 3.00 bits per heavy atom. The van der Waals surface area contributed by atoms with Crippen LogP contribution in [0.3, 0.4) is 0 Å². The number of carbonyl (C=O) groups excluding carboxylic acids is 1. The number of hydrogen-bond donors (Lipinski definition) is 3. The Morgan fingerprint density at radius 2 is 2.30 bits per heavy atom. The molecule has 1 saturated heterocycles. The molecular formula is C17H17NO4S. The first-order valence-corrected chi connectivity index (χ1v) is 7.83. The fourth-order valence-electron chi connectivity index (χ4n) is 1.93. The summed E-state index contributed by atoms with van der Waals surface area (Å²) in [6.45, 7) is 3.62. The highest BCUT2D eigenvalue weighted by molar-refractivity contribution is 8.03. The molecule has 0 amide bonds. The number of rotatable bonds is 5. The summed E-state index contributed by atoms with van der Waals surface area (Å²) in [5.41, 5.74) is 3.11. The summed E-state index contributed by atoms with van der Waals surface area (Å²) in [5, 5.41) is 23.1. The smallest absolute Gasteiger partial charge is 0.200 e. The molecule has 1 unspecified atom stereocenters. The number of allylic oxidation sites excluding steroid dienone is 3. The number of ether oxygens (including phenoxy) is 1. The fourth-order valence-corrected chi connectivity index (χ4v) is 2.85. The number of ketones is 1. The maximum Gasteiger partial charge on any atom is 0.200 e. The van der Waals surface area contributed by atoms with E-state index in [1.54, 1.807) is 17.8 Å². The standard InChI is InChI=1S/C17H17NO4S/c1-3-4-5-12-10-23-16(18-12)7-6-13(19)11-8-14(20)17(21)15(9-11)22-2/h3-6,8-9,12,18,20-21H,1,10H2,2H3/b5-4+. The Labute approximate surface area is 138 Å². The van der Waals surface area contributed by atoms with E-state index in [9.17, 15) is 15.0 Å². The molecule has 0 radical (unpaired) electrons. The molecule has 5 nitrogen and oxygen atoms in total. The number of thioether (sulfide) groups is 1. The van der Waals surface area contributed by atoms with Gasteiger partial charge in [0.05, 0.1) is 13.2 Å². The van der Waals surface area contributed by atoms with Crippen LogP contribution in [0.15, 0.2) is 53.8 Å². The molecule has 1 atom stereocenters. The summed E-state index contributed by atoms with van der Waals surface area (Å²) < 4.78 is 4.91. The van der Waals surface area contributed by atoms with Gasteiger partial charge in [0.1, 0.15) is 5.03 Å². The van der Waals surface area contributed by atoms with Crippen LogP contribution in [0.25, 0.3) is 0 Å². The molecule has 1 aliphatic heterocycles. The second-order valence-corrected chi connectivity index (χ2v) is 5.74. The molecule has 1 heterocycles. The Hall–Kier alpha value is -2.56. The Bertz CT molecular complexity index is 718. The van der Waals surface area contributed by atoms with E-state index in [2.05, 4.69) is 17.6 Å². The average molecular weight is 331 g/mol. The van der Waals surface area contributed by atoms with E-state index >= 15 is 0 Å². The number of phenols is 2. The van der Waals surface area contributed by atoms with Gasteiger partial charge >= 0.3 is 0 Å². The maximum absolute atomic E-state index is 12.1. The zero-order chi connectivity index (χ0) is 16.8. The average Bonchev–Trinajstić information content (AvgIpc) is 3.00. The molecule has 1 fully saturated rings. The highest BCUT2D eigenvalue weighted by Gasteiger charge is 2.16. The molecule has 0 bridgehead atoms. The van der Waals surface area contributed by atoms with Gasteiger partial charge in [0.25, 0.3) is 0 Å². The van der Waals surface area contributed by atoms with E-state index in [4.69, 9.17) is 4.74 Å². The van der Waals surface area contributed by atoms with Gasteiger partial charge in [0.2, 0.25) is 5.75 Å². The van der Waals surface area contributed by atoms with Crippen LogP contribution in [0.5, 0.6) is 17.2 Å². The molecule has 3 N–H and O–H groups in total. The minimum absolute atomic E-state index is 0.0393.